The number of aliphatic carboxylic acids is 1. The molecule has 1 aliphatic rings. The van der Waals surface area contributed by atoms with Crippen LogP contribution in [0.25, 0.3) is 0 Å². The molecule has 0 radical (unpaired) electrons. The Morgan fingerprint density at radius 3 is 2.64 bits per heavy atom. The molecule has 0 unspecified atom stereocenters. The zero-order valence-corrected chi connectivity index (χ0v) is 14.8. The van der Waals surface area contributed by atoms with Crippen molar-refractivity contribution in [3.05, 3.63) is 29.0 Å². The second kappa shape index (κ2) is 9.01. The molecule has 8 heteroatoms. The number of likely N-dealkylation sites (N-methyl/N-ethyl adjacent to an activating group) is 1. The summed E-state index contributed by atoms with van der Waals surface area (Å²) in [6.07, 6.45) is 1.45. The van der Waals surface area contributed by atoms with E-state index in [1.807, 2.05) is 11.8 Å². The lowest BCUT2D eigenvalue weighted by atomic mass is 10.0. The summed E-state index contributed by atoms with van der Waals surface area (Å²) in [4.78, 5) is 26.8. The van der Waals surface area contributed by atoms with Crippen molar-refractivity contribution in [2.24, 2.45) is 0 Å². The minimum Gasteiger partial charge on any atom is -0.482 e. The number of hydrogen-bond acceptors (Lipinski definition) is 4. The molecule has 1 aromatic rings. The van der Waals surface area contributed by atoms with Crippen LogP contribution < -0.4 is 4.74 Å². The van der Waals surface area contributed by atoms with Crippen LogP contribution in [-0.2, 0) is 9.59 Å². The van der Waals surface area contributed by atoms with Crippen LogP contribution >= 0.6 is 11.6 Å². The topological polar surface area (TPSA) is 70.1 Å². The van der Waals surface area contributed by atoms with Gasteiger partial charge in [0.2, 0.25) is 0 Å². The predicted octanol–water partition coefficient (Wildman–Crippen LogP) is 2.26. The smallest absolute Gasteiger partial charge is 0.317 e. The van der Waals surface area contributed by atoms with Crippen LogP contribution in [0.3, 0.4) is 0 Å². The number of halogens is 2. The minimum absolute atomic E-state index is 0.0152. The first-order valence-electron chi connectivity index (χ1n) is 8.22. The van der Waals surface area contributed by atoms with Gasteiger partial charge in [0.05, 0.1) is 11.6 Å². The maximum absolute atomic E-state index is 13.0. The molecule has 0 bridgehead atoms. The van der Waals surface area contributed by atoms with Gasteiger partial charge in [-0.2, -0.15) is 0 Å². The summed E-state index contributed by atoms with van der Waals surface area (Å²) in [7, 11) is 0. The van der Waals surface area contributed by atoms with Gasteiger partial charge < -0.3 is 14.7 Å². The fraction of sp³-hybridized carbons (Fsp3) is 0.529. The van der Waals surface area contributed by atoms with Crippen LogP contribution in [-0.4, -0.2) is 65.6 Å². The van der Waals surface area contributed by atoms with E-state index in [1.165, 1.54) is 12.1 Å². The van der Waals surface area contributed by atoms with Crippen molar-refractivity contribution in [2.45, 2.75) is 25.8 Å². The zero-order chi connectivity index (χ0) is 18.4. The lowest BCUT2D eigenvalue weighted by Crippen LogP contribution is -2.49. The van der Waals surface area contributed by atoms with Crippen molar-refractivity contribution in [3.8, 4) is 5.75 Å². The van der Waals surface area contributed by atoms with E-state index >= 15 is 0 Å². The summed E-state index contributed by atoms with van der Waals surface area (Å²) in [6, 6.07) is 3.91. The molecule has 1 heterocycles. The number of carbonyl (C=O) groups is 2. The van der Waals surface area contributed by atoms with Gasteiger partial charge in [0.15, 0.2) is 6.61 Å². The molecule has 2 rings (SSSR count). The number of ether oxygens (including phenoxy) is 1. The Balaban J connectivity index is 1.81. The number of rotatable bonds is 7. The molecule has 1 fully saturated rings. The number of carboxylic acids is 1. The Morgan fingerprint density at radius 2 is 2.08 bits per heavy atom. The second-order valence-corrected chi connectivity index (χ2v) is 6.34. The molecule has 1 amide bonds. The van der Waals surface area contributed by atoms with Crippen LogP contribution in [0.2, 0.25) is 5.02 Å². The van der Waals surface area contributed by atoms with Crippen LogP contribution in [0.1, 0.15) is 19.8 Å². The summed E-state index contributed by atoms with van der Waals surface area (Å²) < 4.78 is 18.4. The van der Waals surface area contributed by atoms with Gasteiger partial charge in [0.1, 0.15) is 11.6 Å². The standard InChI is InChI=1S/C17H22ClFN2O4/c1-2-20(10-17(23)24)13-5-7-21(8-6-13)16(22)11-25-15-4-3-12(19)9-14(15)18/h3-4,9,13H,2,5-8,10-11H2,1H3,(H,23,24). The molecule has 6 nitrogen and oxygen atoms in total. The van der Waals surface area contributed by atoms with Crippen LogP contribution in [0.5, 0.6) is 5.75 Å². The number of piperidine rings is 1. The highest BCUT2D eigenvalue weighted by molar-refractivity contribution is 6.32. The first-order chi connectivity index (χ1) is 11.9. The lowest BCUT2D eigenvalue weighted by molar-refractivity contribution is -0.140. The molecule has 0 atom stereocenters. The van der Waals surface area contributed by atoms with Gasteiger partial charge in [-0.15, -0.1) is 0 Å². The predicted molar refractivity (Wildman–Crippen MR) is 91.4 cm³/mol. The Morgan fingerprint density at radius 1 is 1.40 bits per heavy atom. The molecule has 1 saturated heterocycles. The lowest BCUT2D eigenvalue weighted by Gasteiger charge is -2.37. The fourth-order valence-corrected chi connectivity index (χ4v) is 3.20. The summed E-state index contributed by atoms with van der Waals surface area (Å²) in [5.41, 5.74) is 0. The molecule has 0 aromatic heterocycles. The third kappa shape index (κ3) is 5.57. The quantitative estimate of drug-likeness (QED) is 0.795. The van der Waals surface area contributed by atoms with Crippen molar-refractivity contribution in [2.75, 3.05) is 32.8 Å². The highest BCUT2D eigenvalue weighted by atomic mass is 35.5. The van der Waals surface area contributed by atoms with E-state index < -0.39 is 11.8 Å². The van der Waals surface area contributed by atoms with Crippen molar-refractivity contribution in [1.82, 2.24) is 9.80 Å². The molecule has 138 valence electrons. The number of hydrogen-bond donors (Lipinski definition) is 1. The van der Waals surface area contributed by atoms with E-state index in [0.717, 1.165) is 18.9 Å². The normalized spacial score (nSPS) is 15.4. The number of carboxylic acid groups (broad SMARTS) is 1. The number of benzene rings is 1. The summed E-state index contributed by atoms with van der Waals surface area (Å²) in [5.74, 6) is -1.21. The number of likely N-dealkylation sites (tertiary alicyclic amines) is 1. The Hall–Kier alpha value is -1.86. The molecule has 1 aliphatic heterocycles. The number of nitrogens with zero attached hydrogens (tertiary/aromatic N) is 2. The third-order valence-electron chi connectivity index (χ3n) is 4.32. The fourth-order valence-electron chi connectivity index (χ4n) is 2.98. The molecule has 0 saturated carbocycles. The van der Waals surface area contributed by atoms with Gasteiger partial charge in [-0.25, -0.2) is 4.39 Å². The van der Waals surface area contributed by atoms with E-state index in [-0.39, 0.29) is 35.9 Å². The molecule has 25 heavy (non-hydrogen) atoms. The SMILES string of the molecule is CCN(CC(=O)O)C1CCN(C(=O)COc2ccc(F)cc2Cl)CC1. The zero-order valence-electron chi connectivity index (χ0n) is 14.1. The molecule has 0 aliphatic carbocycles. The Kier molecular flexibility index (Phi) is 7.01. The second-order valence-electron chi connectivity index (χ2n) is 5.93. The minimum atomic E-state index is -0.843. The maximum atomic E-state index is 13.0. The molecule has 1 N–H and O–H groups in total. The van der Waals surface area contributed by atoms with Gasteiger partial charge in [-0.05, 0) is 37.6 Å². The van der Waals surface area contributed by atoms with E-state index in [1.54, 1.807) is 4.90 Å². The maximum Gasteiger partial charge on any atom is 0.317 e. The van der Waals surface area contributed by atoms with Gasteiger partial charge in [-0.3, -0.25) is 14.5 Å². The highest BCUT2D eigenvalue weighted by Gasteiger charge is 2.27. The average Bonchev–Trinajstić information content (AvgIpc) is 2.58. The first kappa shape index (κ1) is 19.5. The molecule has 1 aromatic carbocycles. The number of carbonyl (C=O) groups excluding carboxylic acids is 1. The summed E-state index contributed by atoms with van der Waals surface area (Å²) in [5, 5.41) is 9.07. The van der Waals surface area contributed by atoms with Gasteiger partial charge in [0.25, 0.3) is 5.91 Å². The van der Waals surface area contributed by atoms with Crippen LogP contribution in [0.15, 0.2) is 18.2 Å². The Labute approximate surface area is 151 Å². The van der Waals surface area contributed by atoms with E-state index in [0.29, 0.717) is 19.6 Å². The average molecular weight is 373 g/mol. The highest BCUT2D eigenvalue weighted by Crippen LogP contribution is 2.25. The van der Waals surface area contributed by atoms with Gasteiger partial charge in [0, 0.05) is 19.1 Å². The van der Waals surface area contributed by atoms with Crippen LogP contribution in [0, 0.1) is 5.82 Å². The van der Waals surface area contributed by atoms with E-state index in [2.05, 4.69) is 0 Å². The monoisotopic (exact) mass is 372 g/mol. The van der Waals surface area contributed by atoms with Crippen LogP contribution in [0.4, 0.5) is 4.39 Å². The van der Waals surface area contributed by atoms with Crippen molar-refractivity contribution in [3.63, 3.8) is 0 Å². The number of amides is 1. The van der Waals surface area contributed by atoms with E-state index in [4.69, 9.17) is 21.4 Å². The van der Waals surface area contributed by atoms with E-state index in [9.17, 15) is 14.0 Å². The van der Waals surface area contributed by atoms with Gasteiger partial charge in [-0.1, -0.05) is 18.5 Å². The Bertz CT molecular complexity index is 621. The summed E-state index contributed by atoms with van der Waals surface area (Å²) >= 11 is 5.87. The largest absolute Gasteiger partial charge is 0.482 e. The van der Waals surface area contributed by atoms with Crippen molar-refractivity contribution in [1.29, 1.82) is 0 Å². The third-order valence-corrected chi connectivity index (χ3v) is 4.62. The van der Waals surface area contributed by atoms with Crippen molar-refractivity contribution >= 4 is 23.5 Å². The molecule has 0 spiro atoms. The van der Waals surface area contributed by atoms with Crippen molar-refractivity contribution < 1.29 is 23.8 Å². The molecular weight excluding hydrogens is 351 g/mol. The first-order valence-corrected chi connectivity index (χ1v) is 8.60. The summed E-state index contributed by atoms with van der Waals surface area (Å²) in [6.45, 7) is 3.56. The van der Waals surface area contributed by atoms with Gasteiger partial charge >= 0.3 is 5.97 Å². The molecular formula is C17H22ClFN2O4.